The summed E-state index contributed by atoms with van der Waals surface area (Å²) in [7, 11) is 1.75. The van der Waals surface area contributed by atoms with Crippen LogP contribution in [0.15, 0.2) is 24.3 Å². The molecule has 3 nitrogen and oxygen atoms in total. The molecule has 6 heteroatoms. The number of hydrogen-bond donors (Lipinski definition) is 1. The largest absolute Gasteiger partial charge is 0.416 e. The number of nitrogens with zero attached hydrogens (tertiary/aromatic N) is 1. The van der Waals surface area contributed by atoms with Crippen LogP contribution in [-0.2, 0) is 11.0 Å². The number of alkyl halides is 3. The molecule has 0 spiro atoms. The van der Waals surface area contributed by atoms with Gasteiger partial charge in [0.05, 0.1) is 11.6 Å². The van der Waals surface area contributed by atoms with Crippen molar-refractivity contribution in [1.29, 1.82) is 0 Å². The second-order valence-electron chi connectivity index (χ2n) is 5.37. The average Bonchev–Trinajstić information content (AvgIpc) is 2.94. The van der Waals surface area contributed by atoms with Gasteiger partial charge in [-0.2, -0.15) is 13.2 Å². The maximum Gasteiger partial charge on any atom is 0.416 e. The molecule has 0 aliphatic carbocycles. The van der Waals surface area contributed by atoms with Gasteiger partial charge in [-0.15, -0.1) is 0 Å². The molecular weight excluding hydrogens is 281 g/mol. The van der Waals surface area contributed by atoms with Gasteiger partial charge in [0.1, 0.15) is 0 Å². The van der Waals surface area contributed by atoms with E-state index in [1.807, 2.05) is 6.92 Å². The molecule has 1 amide bonds. The van der Waals surface area contributed by atoms with E-state index in [1.54, 1.807) is 11.9 Å². The van der Waals surface area contributed by atoms with Gasteiger partial charge in [0.2, 0.25) is 5.91 Å². The highest BCUT2D eigenvalue weighted by Gasteiger charge is 2.33. The number of likely N-dealkylation sites (N-methyl/N-ethyl adjacent to an activating group) is 1. The summed E-state index contributed by atoms with van der Waals surface area (Å²) < 4.78 is 37.6. The topological polar surface area (TPSA) is 32.3 Å². The number of rotatable bonds is 3. The molecule has 2 atom stereocenters. The van der Waals surface area contributed by atoms with Crippen molar-refractivity contribution in [2.45, 2.75) is 31.5 Å². The van der Waals surface area contributed by atoms with E-state index in [0.29, 0.717) is 19.5 Å². The summed E-state index contributed by atoms with van der Waals surface area (Å²) in [6.45, 7) is 3.15. The number of amides is 1. The van der Waals surface area contributed by atoms with Crippen LogP contribution < -0.4 is 5.32 Å². The quantitative estimate of drug-likeness (QED) is 0.930. The molecular formula is C15H19F3N2O. The zero-order valence-corrected chi connectivity index (χ0v) is 12.1. The van der Waals surface area contributed by atoms with E-state index in [0.717, 1.165) is 17.7 Å². The van der Waals surface area contributed by atoms with Gasteiger partial charge in [-0.3, -0.25) is 4.79 Å². The lowest BCUT2D eigenvalue weighted by Crippen LogP contribution is -2.41. The van der Waals surface area contributed by atoms with Crippen LogP contribution in [0.2, 0.25) is 0 Å². The summed E-state index contributed by atoms with van der Waals surface area (Å²) in [5.41, 5.74) is 0.195. The minimum absolute atomic E-state index is 0.0342. The van der Waals surface area contributed by atoms with E-state index in [2.05, 4.69) is 5.32 Å². The lowest BCUT2D eigenvalue weighted by Gasteiger charge is -2.19. The van der Waals surface area contributed by atoms with Crippen LogP contribution >= 0.6 is 0 Å². The van der Waals surface area contributed by atoms with E-state index < -0.39 is 11.7 Å². The molecule has 1 saturated heterocycles. The van der Waals surface area contributed by atoms with Gasteiger partial charge < -0.3 is 10.2 Å². The third kappa shape index (κ3) is 3.56. The number of benzene rings is 1. The monoisotopic (exact) mass is 300 g/mol. The fourth-order valence-corrected chi connectivity index (χ4v) is 2.54. The zero-order chi connectivity index (χ0) is 15.6. The summed E-state index contributed by atoms with van der Waals surface area (Å²) in [4.78, 5) is 13.7. The highest BCUT2D eigenvalue weighted by atomic mass is 19.4. The van der Waals surface area contributed by atoms with E-state index in [9.17, 15) is 18.0 Å². The summed E-state index contributed by atoms with van der Waals surface area (Å²) >= 11 is 0. The Bertz CT molecular complexity index is 499. The first-order valence-corrected chi connectivity index (χ1v) is 6.98. The Morgan fingerprint density at radius 1 is 1.33 bits per heavy atom. The molecule has 116 valence electrons. The van der Waals surface area contributed by atoms with E-state index in [-0.39, 0.29) is 17.9 Å². The Labute approximate surface area is 122 Å². The lowest BCUT2D eigenvalue weighted by atomic mass is 9.95. The third-order valence-electron chi connectivity index (χ3n) is 3.99. The molecule has 1 aromatic carbocycles. The maximum atomic E-state index is 12.5. The van der Waals surface area contributed by atoms with Crippen LogP contribution in [-0.4, -0.2) is 37.0 Å². The first-order valence-electron chi connectivity index (χ1n) is 6.98. The van der Waals surface area contributed by atoms with Crippen molar-refractivity contribution < 1.29 is 18.0 Å². The number of halogens is 3. The molecule has 2 rings (SSSR count). The normalized spacial score (nSPS) is 22.3. The van der Waals surface area contributed by atoms with Gasteiger partial charge in [0.25, 0.3) is 0 Å². The van der Waals surface area contributed by atoms with Crippen LogP contribution in [0.3, 0.4) is 0 Å². The summed E-state index contributed by atoms with van der Waals surface area (Å²) in [5, 5.41) is 3.15. The van der Waals surface area contributed by atoms with Gasteiger partial charge in [-0.25, -0.2) is 0 Å². The number of hydrogen-bond acceptors (Lipinski definition) is 2. The van der Waals surface area contributed by atoms with Crippen molar-refractivity contribution in [3.8, 4) is 0 Å². The number of carbonyl (C=O) groups excluding carboxylic acids is 1. The van der Waals surface area contributed by atoms with Gasteiger partial charge in [-0.05, 0) is 37.0 Å². The van der Waals surface area contributed by atoms with Crippen LogP contribution in [0.4, 0.5) is 13.2 Å². The van der Waals surface area contributed by atoms with Crippen molar-refractivity contribution in [3.05, 3.63) is 35.4 Å². The van der Waals surface area contributed by atoms with Crippen molar-refractivity contribution in [2.75, 3.05) is 20.1 Å². The molecule has 1 aliphatic rings. The first kappa shape index (κ1) is 15.8. The predicted molar refractivity (Wildman–Crippen MR) is 73.9 cm³/mol. The van der Waals surface area contributed by atoms with Crippen LogP contribution in [0.25, 0.3) is 0 Å². The predicted octanol–water partition coefficient (Wildman–Crippen LogP) is 2.63. The Morgan fingerprint density at radius 2 is 1.95 bits per heavy atom. The van der Waals surface area contributed by atoms with Crippen molar-refractivity contribution in [1.82, 2.24) is 10.2 Å². The average molecular weight is 300 g/mol. The van der Waals surface area contributed by atoms with Gasteiger partial charge in [0.15, 0.2) is 0 Å². The molecule has 1 aromatic rings. The molecule has 0 aromatic heterocycles. The first-order chi connectivity index (χ1) is 9.82. The van der Waals surface area contributed by atoms with Crippen LogP contribution in [0, 0.1) is 0 Å². The summed E-state index contributed by atoms with van der Waals surface area (Å²) in [6.07, 6.45) is -3.69. The summed E-state index contributed by atoms with van der Waals surface area (Å²) in [6, 6.07) is 4.96. The fraction of sp³-hybridized carbons (Fsp3) is 0.533. The molecule has 0 bridgehead atoms. The molecule has 0 radical (unpaired) electrons. The Balaban J connectivity index is 2.03. The van der Waals surface area contributed by atoms with Crippen LogP contribution in [0.5, 0.6) is 0 Å². The van der Waals surface area contributed by atoms with Gasteiger partial charge in [-0.1, -0.05) is 12.1 Å². The molecule has 1 aliphatic heterocycles. The van der Waals surface area contributed by atoms with Crippen molar-refractivity contribution in [3.63, 3.8) is 0 Å². The highest BCUT2D eigenvalue weighted by molar-refractivity contribution is 5.82. The van der Waals surface area contributed by atoms with Crippen LogP contribution in [0.1, 0.15) is 30.4 Å². The maximum absolute atomic E-state index is 12.5. The molecule has 1 N–H and O–H groups in total. The minimum atomic E-state index is -4.31. The Hall–Kier alpha value is -1.56. The molecule has 0 saturated carbocycles. The SMILES string of the molecule is CCN(C)C(=O)[C@@H]1CC(c2ccc(C(F)(F)F)cc2)CN1. The fourth-order valence-electron chi connectivity index (χ4n) is 2.54. The lowest BCUT2D eigenvalue weighted by molar-refractivity contribution is -0.137. The van der Waals surface area contributed by atoms with Crippen molar-refractivity contribution in [2.24, 2.45) is 0 Å². The molecule has 21 heavy (non-hydrogen) atoms. The van der Waals surface area contributed by atoms with Gasteiger partial charge in [0, 0.05) is 20.1 Å². The Kier molecular flexibility index (Phi) is 4.56. The smallest absolute Gasteiger partial charge is 0.345 e. The second-order valence-corrected chi connectivity index (χ2v) is 5.37. The Morgan fingerprint density at radius 3 is 2.48 bits per heavy atom. The van der Waals surface area contributed by atoms with E-state index in [4.69, 9.17) is 0 Å². The molecule has 1 fully saturated rings. The zero-order valence-electron chi connectivity index (χ0n) is 12.1. The van der Waals surface area contributed by atoms with E-state index >= 15 is 0 Å². The number of nitrogens with one attached hydrogen (secondary N) is 1. The minimum Gasteiger partial charge on any atom is -0.345 e. The second kappa shape index (κ2) is 6.05. The standard InChI is InChI=1S/C15H19F3N2O/c1-3-20(2)14(21)13-8-11(9-19-13)10-4-6-12(7-5-10)15(16,17)18/h4-7,11,13,19H,3,8-9H2,1-2H3/t11?,13-/m0/s1. The highest BCUT2D eigenvalue weighted by Crippen LogP contribution is 2.32. The molecule has 1 unspecified atom stereocenters. The number of carbonyl (C=O) groups is 1. The summed E-state index contributed by atoms with van der Waals surface area (Å²) in [5.74, 6) is 0.110. The molecule has 1 heterocycles. The third-order valence-corrected chi connectivity index (χ3v) is 3.99. The van der Waals surface area contributed by atoms with Crippen molar-refractivity contribution >= 4 is 5.91 Å². The van der Waals surface area contributed by atoms with E-state index in [1.165, 1.54) is 12.1 Å². The van der Waals surface area contributed by atoms with Gasteiger partial charge >= 0.3 is 6.18 Å².